The van der Waals surface area contributed by atoms with Crippen molar-refractivity contribution in [2.45, 2.75) is 6.54 Å². The highest BCUT2D eigenvalue weighted by atomic mass is 32.1. The van der Waals surface area contributed by atoms with Gasteiger partial charge in [-0.05, 0) is 11.4 Å². The van der Waals surface area contributed by atoms with Crippen LogP contribution < -0.4 is 5.32 Å². The molecule has 0 bridgehead atoms. The number of hydrogen-bond donors (Lipinski definition) is 2. The lowest BCUT2D eigenvalue weighted by Gasteiger charge is -2.18. The van der Waals surface area contributed by atoms with Crippen LogP contribution in [0.4, 0.5) is 5.82 Å². The number of carbonyl (C=O) groups is 1. The molecule has 1 amide bonds. The third-order valence-corrected chi connectivity index (χ3v) is 3.90. The van der Waals surface area contributed by atoms with Gasteiger partial charge < -0.3 is 10.4 Å². The van der Waals surface area contributed by atoms with Crippen LogP contribution in [0, 0.1) is 0 Å². The summed E-state index contributed by atoms with van der Waals surface area (Å²) in [6.07, 6.45) is 3.38. The predicted molar refractivity (Wildman–Crippen MR) is 88.0 cm³/mol. The van der Waals surface area contributed by atoms with Crippen LogP contribution in [-0.4, -0.2) is 51.9 Å². The van der Waals surface area contributed by atoms with Crippen molar-refractivity contribution in [1.82, 2.24) is 14.7 Å². The van der Waals surface area contributed by atoms with E-state index in [9.17, 15) is 4.79 Å². The molecule has 22 heavy (non-hydrogen) atoms. The lowest BCUT2D eigenvalue weighted by molar-refractivity contribution is -0.117. The second-order valence-electron chi connectivity index (χ2n) is 4.75. The Morgan fingerprint density at radius 1 is 1.55 bits per heavy atom. The SMILES string of the molecule is C=CCN(CCO)CC(=O)Nc1ccnn1Cc1cccs1. The molecule has 0 fully saturated rings. The van der Waals surface area contributed by atoms with Crippen molar-refractivity contribution < 1.29 is 9.90 Å². The molecule has 6 nitrogen and oxygen atoms in total. The number of amides is 1. The minimum absolute atomic E-state index is 0.0113. The minimum atomic E-state index is -0.136. The van der Waals surface area contributed by atoms with Crippen molar-refractivity contribution >= 4 is 23.1 Å². The van der Waals surface area contributed by atoms with Crippen LogP contribution in [0.25, 0.3) is 0 Å². The highest BCUT2D eigenvalue weighted by Gasteiger charge is 2.12. The molecular weight excluding hydrogens is 300 g/mol. The fraction of sp³-hybridized carbons (Fsp3) is 0.333. The second kappa shape index (κ2) is 8.47. The third-order valence-electron chi connectivity index (χ3n) is 3.04. The number of nitrogens with zero attached hydrogens (tertiary/aromatic N) is 3. The minimum Gasteiger partial charge on any atom is -0.395 e. The first-order valence-electron chi connectivity index (χ1n) is 7.01. The van der Waals surface area contributed by atoms with Crippen molar-refractivity contribution in [2.24, 2.45) is 0 Å². The molecular formula is C15H20N4O2S. The fourth-order valence-corrected chi connectivity index (χ4v) is 2.75. The highest BCUT2D eigenvalue weighted by molar-refractivity contribution is 7.09. The second-order valence-corrected chi connectivity index (χ2v) is 5.78. The van der Waals surface area contributed by atoms with Crippen LogP contribution in [0.5, 0.6) is 0 Å². The van der Waals surface area contributed by atoms with Crippen molar-refractivity contribution in [1.29, 1.82) is 0 Å². The smallest absolute Gasteiger partial charge is 0.239 e. The summed E-state index contributed by atoms with van der Waals surface area (Å²) in [6, 6.07) is 5.80. The number of aromatic nitrogens is 2. The van der Waals surface area contributed by atoms with Gasteiger partial charge in [-0.3, -0.25) is 9.69 Å². The Balaban J connectivity index is 1.94. The molecule has 0 atom stereocenters. The molecule has 2 heterocycles. The number of aliphatic hydroxyl groups excluding tert-OH is 1. The molecule has 2 N–H and O–H groups in total. The van der Waals surface area contributed by atoms with Gasteiger partial charge in [0.25, 0.3) is 0 Å². The molecule has 2 aromatic rings. The van der Waals surface area contributed by atoms with E-state index in [1.54, 1.807) is 34.4 Å². The summed E-state index contributed by atoms with van der Waals surface area (Å²) >= 11 is 1.65. The summed E-state index contributed by atoms with van der Waals surface area (Å²) in [6.45, 7) is 5.50. The first-order chi connectivity index (χ1) is 10.7. The van der Waals surface area contributed by atoms with Gasteiger partial charge in [0.1, 0.15) is 5.82 Å². The zero-order chi connectivity index (χ0) is 15.8. The van der Waals surface area contributed by atoms with Gasteiger partial charge in [-0.2, -0.15) is 5.10 Å². The third kappa shape index (κ3) is 4.80. The van der Waals surface area contributed by atoms with E-state index in [-0.39, 0.29) is 19.1 Å². The summed E-state index contributed by atoms with van der Waals surface area (Å²) in [5.74, 6) is 0.532. The van der Waals surface area contributed by atoms with E-state index in [0.29, 0.717) is 25.5 Å². The van der Waals surface area contributed by atoms with Gasteiger partial charge in [0.05, 0.1) is 25.9 Å². The van der Waals surface area contributed by atoms with E-state index in [0.717, 1.165) is 0 Å². The summed E-state index contributed by atoms with van der Waals surface area (Å²) in [4.78, 5) is 15.1. The number of anilines is 1. The first-order valence-corrected chi connectivity index (χ1v) is 7.89. The number of hydrogen-bond acceptors (Lipinski definition) is 5. The average molecular weight is 320 g/mol. The summed E-state index contributed by atoms with van der Waals surface area (Å²) in [5.41, 5.74) is 0. The maximum Gasteiger partial charge on any atom is 0.239 e. The number of rotatable bonds is 9. The van der Waals surface area contributed by atoms with Crippen molar-refractivity contribution in [2.75, 3.05) is 31.6 Å². The summed E-state index contributed by atoms with van der Waals surface area (Å²) in [7, 11) is 0. The topological polar surface area (TPSA) is 70.4 Å². The lowest BCUT2D eigenvalue weighted by atomic mass is 10.4. The van der Waals surface area contributed by atoms with Gasteiger partial charge >= 0.3 is 0 Å². The standard InChI is InChI=1S/C15H20N4O2S/c1-2-7-18(8-9-20)12-15(21)17-14-5-6-16-19(14)11-13-4-3-10-22-13/h2-6,10,20H,1,7-9,11-12H2,(H,17,21). The Hall–Kier alpha value is -1.96. The largest absolute Gasteiger partial charge is 0.395 e. The first kappa shape index (κ1) is 16.4. The van der Waals surface area contributed by atoms with E-state index in [1.807, 2.05) is 22.4 Å². The van der Waals surface area contributed by atoms with E-state index in [4.69, 9.17) is 5.11 Å². The molecule has 0 saturated carbocycles. The molecule has 118 valence electrons. The van der Waals surface area contributed by atoms with E-state index < -0.39 is 0 Å². The van der Waals surface area contributed by atoms with Crippen LogP contribution >= 0.6 is 11.3 Å². The Kier molecular flexibility index (Phi) is 6.32. The average Bonchev–Trinajstić information content (AvgIpc) is 3.13. The van der Waals surface area contributed by atoms with Crippen LogP contribution in [0.15, 0.2) is 42.4 Å². The Bertz CT molecular complexity index is 594. The van der Waals surface area contributed by atoms with Crippen molar-refractivity contribution in [3.63, 3.8) is 0 Å². The van der Waals surface area contributed by atoms with Gasteiger partial charge in [0.15, 0.2) is 0 Å². The molecule has 0 radical (unpaired) electrons. The maximum absolute atomic E-state index is 12.1. The monoisotopic (exact) mass is 320 g/mol. The molecule has 0 aliphatic rings. The van der Waals surface area contributed by atoms with Gasteiger partial charge in [0.2, 0.25) is 5.91 Å². The van der Waals surface area contributed by atoms with Crippen LogP contribution in [0.3, 0.4) is 0 Å². The lowest BCUT2D eigenvalue weighted by Crippen LogP contribution is -2.35. The molecule has 0 aromatic carbocycles. The van der Waals surface area contributed by atoms with Gasteiger partial charge in [-0.25, -0.2) is 4.68 Å². The van der Waals surface area contributed by atoms with E-state index in [2.05, 4.69) is 17.0 Å². The van der Waals surface area contributed by atoms with Crippen LogP contribution in [-0.2, 0) is 11.3 Å². The number of aliphatic hydroxyl groups is 1. The highest BCUT2D eigenvalue weighted by Crippen LogP contribution is 2.14. The number of carbonyl (C=O) groups excluding carboxylic acids is 1. The Labute approximate surface area is 133 Å². The van der Waals surface area contributed by atoms with Gasteiger partial charge in [-0.1, -0.05) is 12.1 Å². The molecule has 0 unspecified atom stereocenters. The molecule has 0 spiro atoms. The van der Waals surface area contributed by atoms with E-state index in [1.165, 1.54) is 4.88 Å². The normalized spacial score (nSPS) is 10.8. The molecule has 2 aromatic heterocycles. The van der Waals surface area contributed by atoms with Crippen molar-refractivity contribution in [3.05, 3.63) is 47.3 Å². The summed E-state index contributed by atoms with van der Waals surface area (Å²) in [5, 5.41) is 18.1. The molecule has 0 aliphatic carbocycles. The van der Waals surface area contributed by atoms with Gasteiger partial charge in [0, 0.05) is 24.0 Å². The maximum atomic E-state index is 12.1. The van der Waals surface area contributed by atoms with Crippen LogP contribution in [0.2, 0.25) is 0 Å². The zero-order valence-corrected chi connectivity index (χ0v) is 13.1. The molecule has 0 saturated heterocycles. The van der Waals surface area contributed by atoms with Crippen LogP contribution in [0.1, 0.15) is 4.88 Å². The quantitative estimate of drug-likeness (QED) is 0.686. The molecule has 7 heteroatoms. The number of thiophene rings is 1. The van der Waals surface area contributed by atoms with Gasteiger partial charge in [-0.15, -0.1) is 17.9 Å². The Morgan fingerprint density at radius 3 is 3.09 bits per heavy atom. The fourth-order valence-electron chi connectivity index (χ4n) is 2.06. The molecule has 0 aliphatic heterocycles. The number of nitrogens with one attached hydrogen (secondary N) is 1. The zero-order valence-electron chi connectivity index (χ0n) is 12.3. The Morgan fingerprint density at radius 2 is 2.41 bits per heavy atom. The predicted octanol–water partition coefficient (Wildman–Crippen LogP) is 1.41. The molecule has 2 rings (SSSR count). The summed E-state index contributed by atoms with van der Waals surface area (Å²) < 4.78 is 1.76. The van der Waals surface area contributed by atoms with Crippen molar-refractivity contribution in [3.8, 4) is 0 Å². The van der Waals surface area contributed by atoms with E-state index >= 15 is 0 Å².